The molecule has 0 aliphatic rings. The Hall–Kier alpha value is -3.46. The topological polar surface area (TPSA) is 98.7 Å². The molecule has 0 bridgehead atoms. The predicted molar refractivity (Wildman–Crippen MR) is 109 cm³/mol. The van der Waals surface area contributed by atoms with E-state index in [1.807, 2.05) is 29.8 Å². The van der Waals surface area contributed by atoms with Gasteiger partial charge in [-0.05, 0) is 36.8 Å². The lowest BCUT2D eigenvalue weighted by Gasteiger charge is -2.12. The molecule has 0 saturated heterocycles. The molecule has 4 aromatic rings. The molecule has 0 aliphatic carbocycles. The summed E-state index contributed by atoms with van der Waals surface area (Å²) >= 11 is 1.63. The van der Waals surface area contributed by atoms with Gasteiger partial charge in [0, 0.05) is 17.9 Å². The van der Waals surface area contributed by atoms with Crippen molar-refractivity contribution in [2.45, 2.75) is 17.3 Å². The van der Waals surface area contributed by atoms with E-state index >= 15 is 0 Å². The molecule has 0 spiro atoms. The van der Waals surface area contributed by atoms with E-state index in [-0.39, 0.29) is 10.8 Å². The van der Waals surface area contributed by atoms with E-state index in [9.17, 15) is 9.90 Å². The van der Waals surface area contributed by atoms with E-state index in [1.54, 1.807) is 47.2 Å². The molecule has 1 atom stereocenters. The molecule has 0 fully saturated rings. The normalized spacial score (nSPS) is 12.1. The van der Waals surface area contributed by atoms with Crippen molar-refractivity contribution in [2.24, 2.45) is 7.05 Å². The number of hydrogen-bond donors (Lipinski definition) is 1. The summed E-state index contributed by atoms with van der Waals surface area (Å²) < 4.78 is 3.58. The Kier molecular flexibility index (Phi) is 5.13. The first-order valence-electron chi connectivity index (χ1n) is 8.88. The van der Waals surface area contributed by atoms with Crippen LogP contribution >= 0.6 is 11.8 Å². The third kappa shape index (κ3) is 4.04. The highest BCUT2D eigenvalue weighted by Crippen LogP contribution is 2.33. The quantitative estimate of drug-likeness (QED) is 0.488. The molecule has 2 heterocycles. The molecule has 2 aromatic heterocycles. The van der Waals surface area contributed by atoms with E-state index in [4.69, 9.17) is 0 Å². The van der Waals surface area contributed by atoms with Gasteiger partial charge in [0.25, 0.3) is 0 Å². The van der Waals surface area contributed by atoms with E-state index in [1.165, 1.54) is 0 Å². The van der Waals surface area contributed by atoms with E-state index in [0.717, 1.165) is 16.4 Å². The van der Waals surface area contributed by atoms with Gasteiger partial charge >= 0.3 is 5.97 Å². The van der Waals surface area contributed by atoms with E-state index in [0.29, 0.717) is 11.3 Å². The number of aromatic carboxylic acids is 1. The number of rotatable bonds is 6. The predicted octanol–water partition coefficient (Wildman–Crippen LogP) is 3.61. The standard InChI is InChI=1S/C20H18N6O2S/c1-13(29-20-23-21-12-25(20)2)14-5-4-8-17(10-14)26-11-18(22-24-26)15-6-3-7-16(9-15)19(27)28/h3-13H,1-2H3,(H,27,28)/t13-/m0/s1. The summed E-state index contributed by atoms with van der Waals surface area (Å²) in [6.45, 7) is 2.11. The summed E-state index contributed by atoms with van der Waals surface area (Å²) in [6, 6.07) is 14.7. The maximum absolute atomic E-state index is 11.2. The van der Waals surface area contributed by atoms with Gasteiger partial charge in [-0.15, -0.1) is 15.3 Å². The second-order valence-electron chi connectivity index (χ2n) is 6.51. The maximum Gasteiger partial charge on any atom is 0.335 e. The van der Waals surface area contributed by atoms with Gasteiger partial charge in [0.15, 0.2) is 5.16 Å². The van der Waals surface area contributed by atoms with Gasteiger partial charge in [-0.1, -0.05) is 41.2 Å². The number of hydrogen-bond acceptors (Lipinski definition) is 6. The number of thioether (sulfide) groups is 1. The van der Waals surface area contributed by atoms with Crippen molar-refractivity contribution < 1.29 is 9.90 Å². The number of carboxylic acids is 1. The molecule has 2 aromatic carbocycles. The number of carbonyl (C=O) groups is 1. The molecule has 0 saturated carbocycles. The van der Waals surface area contributed by atoms with Gasteiger partial charge in [-0.2, -0.15) is 0 Å². The summed E-state index contributed by atoms with van der Waals surface area (Å²) in [7, 11) is 1.92. The van der Waals surface area contributed by atoms with Crippen LogP contribution in [-0.2, 0) is 7.05 Å². The molecule has 0 amide bonds. The minimum Gasteiger partial charge on any atom is -0.478 e. The van der Waals surface area contributed by atoms with Crippen LogP contribution in [0, 0.1) is 0 Å². The number of nitrogens with zero attached hydrogens (tertiary/aromatic N) is 6. The fourth-order valence-corrected chi connectivity index (χ4v) is 3.77. The number of carboxylic acid groups (broad SMARTS) is 1. The first kappa shape index (κ1) is 18.9. The fraction of sp³-hybridized carbons (Fsp3) is 0.150. The average molecular weight is 406 g/mol. The molecule has 0 radical (unpaired) electrons. The van der Waals surface area contributed by atoms with Gasteiger partial charge in [0.1, 0.15) is 12.0 Å². The van der Waals surface area contributed by atoms with Crippen LogP contribution in [0.25, 0.3) is 16.9 Å². The number of aromatic nitrogens is 6. The summed E-state index contributed by atoms with van der Waals surface area (Å²) in [5, 5.41) is 26.7. The number of benzene rings is 2. The summed E-state index contributed by atoms with van der Waals surface area (Å²) in [6.07, 6.45) is 3.47. The van der Waals surface area contributed by atoms with Gasteiger partial charge < -0.3 is 9.67 Å². The van der Waals surface area contributed by atoms with Crippen LogP contribution in [0.4, 0.5) is 0 Å². The van der Waals surface area contributed by atoms with Crippen molar-refractivity contribution in [3.05, 3.63) is 72.2 Å². The molecular weight excluding hydrogens is 388 g/mol. The fourth-order valence-electron chi connectivity index (χ4n) is 2.86. The Bertz CT molecular complexity index is 1170. The Morgan fingerprint density at radius 3 is 2.72 bits per heavy atom. The van der Waals surface area contributed by atoms with Crippen molar-refractivity contribution in [2.75, 3.05) is 0 Å². The molecule has 146 valence electrons. The molecule has 9 heteroatoms. The lowest BCUT2D eigenvalue weighted by Crippen LogP contribution is -1.98. The van der Waals surface area contributed by atoms with Gasteiger partial charge in [-0.3, -0.25) is 0 Å². The summed E-state index contributed by atoms with van der Waals surface area (Å²) in [4.78, 5) is 11.2. The van der Waals surface area contributed by atoms with Crippen molar-refractivity contribution >= 4 is 17.7 Å². The molecule has 29 heavy (non-hydrogen) atoms. The van der Waals surface area contributed by atoms with Crippen molar-refractivity contribution in [1.82, 2.24) is 29.8 Å². The molecular formula is C20H18N6O2S. The summed E-state index contributed by atoms with van der Waals surface area (Å²) in [5.74, 6) is -0.971. The van der Waals surface area contributed by atoms with Crippen LogP contribution in [0.5, 0.6) is 0 Å². The molecule has 1 N–H and O–H groups in total. The second kappa shape index (κ2) is 7.88. The SMILES string of the molecule is C[C@H](Sc1nncn1C)c1cccc(-n2cc(-c3cccc(C(=O)O)c3)nn2)c1. The second-order valence-corrected chi connectivity index (χ2v) is 7.82. The third-order valence-corrected chi connectivity index (χ3v) is 5.66. The number of aryl methyl sites for hydroxylation is 1. The van der Waals surface area contributed by atoms with Crippen LogP contribution in [0.1, 0.15) is 28.1 Å². The molecule has 8 nitrogen and oxygen atoms in total. The van der Waals surface area contributed by atoms with E-state index in [2.05, 4.69) is 39.6 Å². The lowest BCUT2D eigenvalue weighted by atomic mass is 10.1. The van der Waals surface area contributed by atoms with Gasteiger partial charge in [0.2, 0.25) is 0 Å². The highest BCUT2D eigenvalue weighted by atomic mass is 32.2. The Balaban J connectivity index is 1.58. The zero-order valence-electron chi connectivity index (χ0n) is 15.8. The van der Waals surface area contributed by atoms with Crippen molar-refractivity contribution in [1.29, 1.82) is 0 Å². The highest BCUT2D eigenvalue weighted by molar-refractivity contribution is 7.99. The third-order valence-electron chi connectivity index (χ3n) is 4.45. The van der Waals surface area contributed by atoms with Crippen LogP contribution in [0.3, 0.4) is 0 Å². The van der Waals surface area contributed by atoms with Gasteiger partial charge in [-0.25, -0.2) is 9.48 Å². The lowest BCUT2D eigenvalue weighted by molar-refractivity contribution is 0.0697. The summed E-state index contributed by atoms with van der Waals surface area (Å²) in [5.41, 5.74) is 3.54. The van der Waals surface area contributed by atoms with Crippen molar-refractivity contribution in [3.8, 4) is 16.9 Å². The van der Waals surface area contributed by atoms with Crippen LogP contribution in [0.2, 0.25) is 0 Å². The smallest absolute Gasteiger partial charge is 0.335 e. The maximum atomic E-state index is 11.2. The monoisotopic (exact) mass is 406 g/mol. The molecule has 0 aliphatic heterocycles. The first-order chi connectivity index (χ1) is 14.0. The first-order valence-corrected chi connectivity index (χ1v) is 9.76. The van der Waals surface area contributed by atoms with E-state index < -0.39 is 5.97 Å². The van der Waals surface area contributed by atoms with Crippen LogP contribution in [0.15, 0.2) is 66.2 Å². The zero-order valence-corrected chi connectivity index (χ0v) is 16.6. The highest BCUT2D eigenvalue weighted by Gasteiger charge is 2.13. The Morgan fingerprint density at radius 1 is 1.14 bits per heavy atom. The molecule has 4 rings (SSSR count). The average Bonchev–Trinajstić information content (AvgIpc) is 3.38. The minimum absolute atomic E-state index is 0.174. The molecule has 0 unspecified atom stereocenters. The Morgan fingerprint density at radius 2 is 1.97 bits per heavy atom. The zero-order chi connectivity index (χ0) is 20.4. The van der Waals surface area contributed by atoms with Crippen LogP contribution in [-0.4, -0.2) is 40.8 Å². The van der Waals surface area contributed by atoms with Crippen molar-refractivity contribution in [3.63, 3.8) is 0 Å². The Labute approximate surface area is 171 Å². The van der Waals surface area contributed by atoms with Crippen LogP contribution < -0.4 is 0 Å². The minimum atomic E-state index is -0.971. The largest absolute Gasteiger partial charge is 0.478 e. The van der Waals surface area contributed by atoms with Gasteiger partial charge in [0.05, 0.1) is 17.4 Å².